The van der Waals surface area contributed by atoms with E-state index < -0.39 is 5.97 Å². The highest BCUT2D eigenvalue weighted by Crippen LogP contribution is 2.25. The minimum absolute atomic E-state index is 0.0938. The summed E-state index contributed by atoms with van der Waals surface area (Å²) in [6.45, 7) is 4.25. The number of aromatic nitrogens is 3. The maximum Gasteiger partial charge on any atom is 0.354 e. The van der Waals surface area contributed by atoms with Gasteiger partial charge in [-0.15, -0.1) is 0 Å². The van der Waals surface area contributed by atoms with Gasteiger partial charge in [-0.1, -0.05) is 0 Å². The lowest BCUT2D eigenvalue weighted by Crippen LogP contribution is -2.24. The average molecular weight is 309 g/mol. The molecule has 0 aromatic carbocycles. The molecule has 7 heteroatoms. The number of ether oxygens (including phenoxy) is 1. The number of halogens is 1. The second kappa shape index (κ2) is 6.24. The summed E-state index contributed by atoms with van der Waals surface area (Å²) >= 11 is 5.85. The largest absolute Gasteiger partial charge is 0.464 e. The number of methoxy groups -OCH3 is 1. The van der Waals surface area contributed by atoms with Crippen molar-refractivity contribution in [2.75, 3.05) is 7.11 Å². The third-order valence-corrected chi connectivity index (χ3v) is 3.17. The first kappa shape index (κ1) is 15.5. The molecule has 112 valence electrons. The molecule has 0 unspecified atom stereocenters. The lowest BCUT2D eigenvalue weighted by Gasteiger charge is -2.09. The molecule has 0 radical (unpaired) electrons. The Kier molecular flexibility index (Phi) is 4.59. The summed E-state index contributed by atoms with van der Waals surface area (Å²) in [6.07, 6.45) is 3.46. The van der Waals surface area contributed by atoms with Crippen molar-refractivity contribution in [3.05, 3.63) is 35.0 Å². The summed E-state index contributed by atoms with van der Waals surface area (Å²) in [5.41, 5.74) is 8.58. The van der Waals surface area contributed by atoms with Gasteiger partial charge in [-0.2, -0.15) is 0 Å². The Bertz CT molecular complexity index is 667. The Morgan fingerprint density at radius 3 is 2.90 bits per heavy atom. The van der Waals surface area contributed by atoms with E-state index >= 15 is 0 Å². The summed E-state index contributed by atoms with van der Waals surface area (Å²) in [5.74, 6) is -0.417. The lowest BCUT2D eigenvalue weighted by molar-refractivity contribution is 0.0588. The van der Waals surface area contributed by atoms with Crippen molar-refractivity contribution in [2.24, 2.45) is 5.73 Å². The van der Waals surface area contributed by atoms with E-state index in [4.69, 9.17) is 22.1 Å². The van der Waals surface area contributed by atoms with Crippen molar-refractivity contribution in [1.82, 2.24) is 14.5 Å². The summed E-state index contributed by atoms with van der Waals surface area (Å²) in [7, 11) is 1.35. The van der Waals surface area contributed by atoms with Crippen LogP contribution in [0.2, 0.25) is 5.28 Å². The van der Waals surface area contributed by atoms with Crippen LogP contribution in [-0.4, -0.2) is 33.7 Å². The molecule has 21 heavy (non-hydrogen) atoms. The highest BCUT2D eigenvalue weighted by atomic mass is 35.5. The fourth-order valence-electron chi connectivity index (χ4n) is 2.09. The Balaban J connectivity index is 2.52. The first-order chi connectivity index (χ1) is 9.92. The number of nitrogens with zero attached hydrogens (tertiary/aromatic N) is 3. The fraction of sp³-hybridized carbons (Fsp3) is 0.357. The Labute approximate surface area is 127 Å². The van der Waals surface area contributed by atoms with Gasteiger partial charge in [-0.05, 0) is 37.1 Å². The van der Waals surface area contributed by atoms with Gasteiger partial charge in [0.1, 0.15) is 5.69 Å². The van der Waals surface area contributed by atoms with Crippen molar-refractivity contribution in [3.8, 4) is 11.3 Å². The molecule has 2 rings (SSSR count). The van der Waals surface area contributed by atoms with E-state index in [1.54, 1.807) is 16.8 Å². The smallest absolute Gasteiger partial charge is 0.354 e. The van der Waals surface area contributed by atoms with Crippen LogP contribution in [0.5, 0.6) is 0 Å². The van der Waals surface area contributed by atoms with E-state index in [1.165, 1.54) is 7.11 Å². The molecule has 0 bridgehead atoms. The van der Waals surface area contributed by atoms with Crippen LogP contribution < -0.4 is 5.73 Å². The maximum atomic E-state index is 11.9. The predicted molar refractivity (Wildman–Crippen MR) is 80.2 cm³/mol. The second-order valence-electron chi connectivity index (χ2n) is 4.91. The minimum Gasteiger partial charge on any atom is -0.464 e. The van der Waals surface area contributed by atoms with E-state index in [0.29, 0.717) is 17.9 Å². The Hall–Kier alpha value is -1.92. The lowest BCUT2D eigenvalue weighted by atomic mass is 10.1. The molecule has 0 aliphatic carbocycles. The number of hydrogen-bond acceptors (Lipinski definition) is 5. The van der Waals surface area contributed by atoms with Crippen LogP contribution in [0, 0.1) is 6.92 Å². The highest BCUT2D eigenvalue weighted by Gasteiger charge is 2.17. The van der Waals surface area contributed by atoms with Crippen LogP contribution in [0.25, 0.3) is 11.3 Å². The molecular weight excluding hydrogens is 292 g/mol. The Morgan fingerprint density at radius 1 is 1.57 bits per heavy atom. The molecule has 6 nitrogen and oxygen atoms in total. The molecule has 0 fully saturated rings. The number of carbonyl (C=O) groups is 1. The number of hydrogen-bond donors (Lipinski definition) is 1. The zero-order valence-electron chi connectivity index (χ0n) is 12.1. The van der Waals surface area contributed by atoms with E-state index in [9.17, 15) is 4.79 Å². The third kappa shape index (κ3) is 3.40. The summed E-state index contributed by atoms with van der Waals surface area (Å²) < 4.78 is 6.57. The van der Waals surface area contributed by atoms with Crippen LogP contribution in [-0.2, 0) is 11.3 Å². The minimum atomic E-state index is -0.417. The van der Waals surface area contributed by atoms with Crippen LogP contribution in [0.15, 0.2) is 18.5 Å². The fourth-order valence-corrected chi connectivity index (χ4v) is 2.22. The van der Waals surface area contributed by atoms with Crippen LogP contribution in [0.1, 0.15) is 23.0 Å². The first-order valence-electron chi connectivity index (χ1n) is 6.46. The quantitative estimate of drug-likeness (QED) is 0.690. The number of aryl methyl sites for hydroxylation is 1. The Morgan fingerprint density at radius 2 is 2.29 bits per heavy atom. The molecule has 2 N–H and O–H groups in total. The van der Waals surface area contributed by atoms with E-state index in [2.05, 4.69) is 9.97 Å². The van der Waals surface area contributed by atoms with E-state index in [1.807, 2.05) is 20.0 Å². The van der Waals surface area contributed by atoms with Gasteiger partial charge in [0.25, 0.3) is 0 Å². The molecule has 0 saturated heterocycles. The topological polar surface area (TPSA) is 83.0 Å². The van der Waals surface area contributed by atoms with E-state index in [-0.39, 0.29) is 11.3 Å². The van der Waals surface area contributed by atoms with Crippen molar-refractivity contribution < 1.29 is 9.53 Å². The van der Waals surface area contributed by atoms with Gasteiger partial charge in [0.05, 0.1) is 12.8 Å². The molecule has 1 atom stereocenters. The maximum absolute atomic E-state index is 11.9. The number of nitrogens with two attached hydrogens (primary N) is 1. The number of esters is 1. The van der Waals surface area contributed by atoms with Gasteiger partial charge >= 0.3 is 5.97 Å². The molecule has 0 aliphatic rings. The van der Waals surface area contributed by atoms with Crippen molar-refractivity contribution in [1.29, 1.82) is 0 Å². The summed E-state index contributed by atoms with van der Waals surface area (Å²) in [4.78, 5) is 20.0. The molecule has 0 saturated carbocycles. The van der Waals surface area contributed by atoms with Crippen LogP contribution in [0.3, 0.4) is 0 Å². The second-order valence-corrected chi connectivity index (χ2v) is 5.24. The summed E-state index contributed by atoms with van der Waals surface area (Å²) in [6, 6.07) is 1.63. The molecular formula is C14H17ClN4O2. The normalized spacial score (nSPS) is 12.2. The van der Waals surface area contributed by atoms with Crippen LogP contribution in [0.4, 0.5) is 0 Å². The third-order valence-electron chi connectivity index (χ3n) is 2.99. The zero-order valence-corrected chi connectivity index (χ0v) is 12.9. The van der Waals surface area contributed by atoms with Gasteiger partial charge in [-0.25, -0.2) is 14.8 Å². The van der Waals surface area contributed by atoms with Gasteiger partial charge in [0.15, 0.2) is 0 Å². The molecule has 2 heterocycles. The molecule has 0 amide bonds. The number of rotatable bonds is 4. The van der Waals surface area contributed by atoms with Crippen molar-refractivity contribution in [3.63, 3.8) is 0 Å². The van der Waals surface area contributed by atoms with E-state index in [0.717, 1.165) is 11.1 Å². The average Bonchev–Trinajstić information content (AvgIpc) is 2.83. The molecule has 0 aliphatic heterocycles. The SMILES string of the molecule is COC(=O)c1cc(-c2nc(Cl)ncc2C)cn1C[C@@H](C)N. The van der Waals surface area contributed by atoms with Gasteiger partial charge in [-0.3, -0.25) is 0 Å². The molecule has 2 aromatic rings. The monoisotopic (exact) mass is 308 g/mol. The summed E-state index contributed by atoms with van der Waals surface area (Å²) in [5, 5.41) is 0.162. The zero-order chi connectivity index (χ0) is 15.6. The van der Waals surface area contributed by atoms with Gasteiger partial charge in [0, 0.05) is 30.5 Å². The van der Waals surface area contributed by atoms with Gasteiger partial charge < -0.3 is 15.0 Å². The molecule has 0 spiro atoms. The van der Waals surface area contributed by atoms with Crippen LogP contribution >= 0.6 is 11.6 Å². The number of carbonyl (C=O) groups excluding carboxylic acids is 1. The first-order valence-corrected chi connectivity index (χ1v) is 6.83. The predicted octanol–water partition coefficient (Wildman–Crippen LogP) is 2.04. The van der Waals surface area contributed by atoms with Crippen molar-refractivity contribution >= 4 is 17.6 Å². The molecule has 2 aromatic heterocycles. The highest BCUT2D eigenvalue weighted by molar-refractivity contribution is 6.28. The van der Waals surface area contributed by atoms with Gasteiger partial charge in [0.2, 0.25) is 5.28 Å². The van der Waals surface area contributed by atoms with Crippen molar-refractivity contribution in [2.45, 2.75) is 26.4 Å². The standard InChI is InChI=1S/C14H17ClN4O2/c1-8-5-17-14(15)18-12(8)10-4-11(13(20)21-3)19(7-10)6-9(2)16/h4-5,7,9H,6,16H2,1-3H3/t9-/m1/s1.